The first-order valence-electron chi connectivity index (χ1n) is 36.3. The molecule has 0 saturated heterocycles. The summed E-state index contributed by atoms with van der Waals surface area (Å²) >= 11 is 0. The van der Waals surface area contributed by atoms with E-state index in [1.165, 1.54) is 39.3 Å². The van der Waals surface area contributed by atoms with E-state index in [2.05, 4.69) is 311 Å². The lowest BCUT2D eigenvalue weighted by Crippen LogP contribution is -2.36. The second kappa shape index (κ2) is 28.1. The third kappa shape index (κ3) is 12.2. The minimum Gasteiger partial charge on any atom is -0.435 e. The number of aryl methyl sites for hydroxylation is 8. The fourth-order valence-corrected chi connectivity index (χ4v) is 15.1. The van der Waals surface area contributed by atoms with Gasteiger partial charge < -0.3 is 48.0 Å². The first kappa shape index (κ1) is 67.7. The van der Waals surface area contributed by atoms with Crippen molar-refractivity contribution in [2.24, 2.45) is 0 Å². The van der Waals surface area contributed by atoms with E-state index in [9.17, 15) is 0 Å². The van der Waals surface area contributed by atoms with Gasteiger partial charge in [0.1, 0.15) is 24.7 Å². The van der Waals surface area contributed by atoms with E-state index in [4.69, 9.17) is 28.8 Å². The Labute approximate surface area is 618 Å². The quantitative estimate of drug-likeness (QED) is 0.143. The van der Waals surface area contributed by atoms with Gasteiger partial charge in [0.2, 0.25) is 11.4 Å². The van der Waals surface area contributed by atoms with Gasteiger partial charge in [0.15, 0.2) is 34.4 Å². The van der Waals surface area contributed by atoms with Crippen LogP contribution < -0.4 is 39.2 Å². The van der Waals surface area contributed by atoms with Crippen LogP contribution in [0.25, 0.3) is 55.2 Å². The van der Waals surface area contributed by atoms with Crippen LogP contribution in [0.2, 0.25) is 0 Å². The molecular formula is C90H84N14O2. The third-order valence-electron chi connectivity index (χ3n) is 20.7. The largest absolute Gasteiger partial charge is 0.435 e. The molecule has 0 aliphatic carbocycles. The van der Waals surface area contributed by atoms with Crippen molar-refractivity contribution in [3.8, 4) is 0 Å². The summed E-state index contributed by atoms with van der Waals surface area (Å²) in [7, 11) is 0. The Kier molecular flexibility index (Phi) is 17.9. The average Bonchev–Trinajstić information content (AvgIpc) is 1.61. The van der Waals surface area contributed by atoms with E-state index >= 15 is 0 Å². The topological polar surface area (TPSA) is 130 Å². The fraction of sp³-hybridized carbons (Fsp3) is 0.178. The number of nitrogens with zero attached hydrogens (tertiary/aromatic N) is 14. The number of aromatic nitrogens is 6. The molecule has 0 bridgehead atoms. The number of fused-ring (bicyclic) bond motifs is 9. The monoisotopic (exact) mass is 1390 g/mol. The van der Waals surface area contributed by atoms with Crippen molar-refractivity contribution in [1.29, 1.82) is 0 Å². The van der Waals surface area contributed by atoms with Crippen LogP contribution in [0.1, 0.15) is 72.7 Å². The predicted octanol–water partition coefficient (Wildman–Crippen LogP) is 22.1. The Balaban J connectivity index is 0.000000108. The smallest absolute Gasteiger partial charge is 0.227 e. The first-order chi connectivity index (χ1) is 51.6. The molecule has 16 heteroatoms. The molecule has 6 aromatic heterocycles. The molecule has 0 N–H and O–H groups in total. The number of pyridine rings is 2. The van der Waals surface area contributed by atoms with Crippen LogP contribution in [-0.4, -0.2) is 54.6 Å². The van der Waals surface area contributed by atoms with Gasteiger partial charge in [0.05, 0.1) is 33.8 Å². The Hall–Kier alpha value is -12.8. The van der Waals surface area contributed by atoms with Gasteiger partial charge >= 0.3 is 0 Å². The molecule has 15 aromatic rings. The summed E-state index contributed by atoms with van der Waals surface area (Å²) in [5.41, 5.74) is 22.9. The first-order valence-corrected chi connectivity index (χ1v) is 36.3. The summed E-state index contributed by atoms with van der Waals surface area (Å²) in [5.74, 6) is 3.65. The number of hydrogen-bond acceptors (Lipinski definition) is 16. The standard InChI is InChI=1S/C23H20N4.2C23H21N3O.C21H22N4/c1-16-10-6-9-15-21(16)27-17(2)26(18-11-4-3-5-12-18)22-23(27)25-20-14-8-7-13-19(20)24-22;2*1-15-9-11-19-20-12-10-16(2)24-23(20)27-22(19)21(15)26-14-13-25(17(26)3)18-7-5-4-6-8-18;1-14-10-8-9-13-19(14)25-17(4)24(18-11-6-5-7-12-18)20-21(25)23-16(3)15(2)22-20/h3-15,17H,1-2H3;2*4-14,17H,1-3H3;5-13,17H,1-4H3/t4*17-/m0000/s1. The van der Waals surface area contributed by atoms with E-state index in [1.807, 2.05) is 88.4 Å². The van der Waals surface area contributed by atoms with Crippen LogP contribution in [0.4, 0.5) is 68.8 Å². The summed E-state index contributed by atoms with van der Waals surface area (Å²) in [4.78, 5) is 47.1. The van der Waals surface area contributed by atoms with Crippen molar-refractivity contribution in [3.05, 3.63) is 312 Å². The Morgan fingerprint density at radius 1 is 0.264 bits per heavy atom. The van der Waals surface area contributed by atoms with Gasteiger partial charge in [-0.3, -0.25) is 0 Å². The molecule has 0 fully saturated rings. The molecule has 4 aliphatic heterocycles. The highest BCUT2D eigenvalue weighted by Gasteiger charge is 2.41. The molecule has 106 heavy (non-hydrogen) atoms. The van der Waals surface area contributed by atoms with Crippen molar-refractivity contribution >= 4 is 124 Å². The van der Waals surface area contributed by atoms with Gasteiger partial charge in [-0.05, 0) is 202 Å². The molecule has 0 saturated carbocycles. The molecule has 0 spiro atoms. The lowest BCUT2D eigenvalue weighted by Gasteiger charge is -2.30. The minimum absolute atomic E-state index is 0.0697. The fourth-order valence-electron chi connectivity index (χ4n) is 15.1. The van der Waals surface area contributed by atoms with Crippen LogP contribution in [0.5, 0.6) is 0 Å². The second-order valence-electron chi connectivity index (χ2n) is 27.6. The number of para-hydroxylation sites is 8. The number of furan rings is 2. The normalized spacial score (nSPS) is 16.5. The molecule has 10 heterocycles. The van der Waals surface area contributed by atoms with E-state index in [-0.39, 0.29) is 24.7 Å². The van der Waals surface area contributed by atoms with Crippen molar-refractivity contribution in [2.45, 2.75) is 108 Å². The van der Waals surface area contributed by atoms with Crippen LogP contribution in [0.3, 0.4) is 0 Å². The summed E-state index contributed by atoms with van der Waals surface area (Å²) in [6, 6.07) is 83.5. The molecule has 0 radical (unpaired) electrons. The van der Waals surface area contributed by atoms with Crippen LogP contribution in [0, 0.1) is 55.4 Å². The molecule has 16 nitrogen and oxygen atoms in total. The van der Waals surface area contributed by atoms with Crippen LogP contribution in [-0.2, 0) is 0 Å². The molecule has 526 valence electrons. The van der Waals surface area contributed by atoms with Crippen molar-refractivity contribution in [3.63, 3.8) is 0 Å². The number of hydrogen-bond donors (Lipinski definition) is 0. The third-order valence-corrected chi connectivity index (χ3v) is 20.7. The van der Waals surface area contributed by atoms with E-state index < -0.39 is 0 Å². The van der Waals surface area contributed by atoms with Gasteiger partial charge in [0.25, 0.3) is 0 Å². The zero-order valence-corrected chi connectivity index (χ0v) is 61.8. The molecule has 4 aliphatic rings. The average molecular weight is 1390 g/mol. The summed E-state index contributed by atoms with van der Waals surface area (Å²) in [6.07, 6.45) is 8.99. The lowest BCUT2D eigenvalue weighted by atomic mass is 10.1. The summed E-state index contributed by atoms with van der Waals surface area (Å²) < 4.78 is 12.5. The number of rotatable bonds is 8. The van der Waals surface area contributed by atoms with E-state index in [0.29, 0.717) is 11.4 Å². The van der Waals surface area contributed by atoms with E-state index in [1.54, 1.807) is 0 Å². The Bertz CT molecular complexity index is 5640. The number of benzene rings is 9. The van der Waals surface area contributed by atoms with Crippen LogP contribution in [0.15, 0.2) is 276 Å². The highest BCUT2D eigenvalue weighted by atomic mass is 16.3. The summed E-state index contributed by atoms with van der Waals surface area (Å²) in [5, 5.41) is 4.34. The second-order valence-corrected chi connectivity index (χ2v) is 27.6. The highest BCUT2D eigenvalue weighted by molar-refractivity contribution is 6.10. The SMILES string of the molecule is Cc1ccc2c(n1)oc1c(N3C=CN(c4ccccc4)[C@@H]3C)c(C)ccc12.Cc1ccc2c(n1)oc1c(N3C=CN(c4ccccc4)[C@@H]3C)c(C)ccc12.Cc1ccccc1N1c2nc(C)c(C)nc2N(c2ccccc2)[C@@H]1C.Cc1ccccc1N1c2nc3ccccc3nc2N(c2ccccc2)[C@@H]1C. The Morgan fingerprint density at radius 2 is 0.585 bits per heavy atom. The highest BCUT2D eigenvalue weighted by Crippen LogP contribution is 2.49. The molecule has 19 rings (SSSR count). The molecule has 0 amide bonds. The molecule has 4 atom stereocenters. The van der Waals surface area contributed by atoms with Gasteiger partial charge in [0, 0.05) is 91.9 Å². The Morgan fingerprint density at radius 3 is 0.981 bits per heavy atom. The van der Waals surface area contributed by atoms with E-state index in [0.717, 1.165) is 118 Å². The minimum atomic E-state index is 0.0697. The summed E-state index contributed by atoms with van der Waals surface area (Å²) in [6.45, 7) is 25.4. The number of anilines is 12. The maximum atomic E-state index is 6.24. The van der Waals surface area contributed by atoms with Gasteiger partial charge in [-0.25, -0.2) is 29.9 Å². The molecule has 0 unspecified atom stereocenters. The maximum absolute atomic E-state index is 6.24. The molecular weight excluding hydrogens is 1310 g/mol. The predicted molar refractivity (Wildman–Crippen MR) is 436 cm³/mol. The van der Waals surface area contributed by atoms with Crippen molar-refractivity contribution in [2.75, 3.05) is 39.2 Å². The molecule has 9 aromatic carbocycles. The maximum Gasteiger partial charge on any atom is 0.227 e. The van der Waals surface area contributed by atoms with Gasteiger partial charge in [-0.1, -0.05) is 146 Å². The van der Waals surface area contributed by atoms with Gasteiger partial charge in [-0.2, -0.15) is 0 Å². The lowest BCUT2D eigenvalue weighted by molar-refractivity contribution is 0.647. The zero-order valence-electron chi connectivity index (χ0n) is 61.8. The van der Waals surface area contributed by atoms with Crippen LogP contribution >= 0.6 is 0 Å². The van der Waals surface area contributed by atoms with Crippen molar-refractivity contribution < 1.29 is 8.83 Å². The van der Waals surface area contributed by atoms with Crippen molar-refractivity contribution in [1.82, 2.24) is 29.9 Å². The zero-order chi connectivity index (χ0) is 73.0. The van der Waals surface area contributed by atoms with Gasteiger partial charge in [-0.15, -0.1) is 0 Å².